The molecule has 0 aliphatic rings. The van der Waals surface area contributed by atoms with Crippen molar-refractivity contribution in [3.8, 4) is 0 Å². The maximum atomic E-state index is 11.9. The van der Waals surface area contributed by atoms with Gasteiger partial charge in [0.05, 0.1) is 12.0 Å². The standard InChI is InChI=1S/C12H10N2O4S/c1-18-12(15)10(11-13-5-6-19-11)8-3-2-4-9(7-8)14(16)17/h2-7,10H,1H3. The molecule has 7 heteroatoms. The first-order chi connectivity index (χ1) is 9.13. The SMILES string of the molecule is COC(=O)C(c1cccc([N+](=O)[O-])c1)c1nccs1. The summed E-state index contributed by atoms with van der Waals surface area (Å²) in [6.45, 7) is 0. The highest BCUT2D eigenvalue weighted by molar-refractivity contribution is 7.09. The maximum Gasteiger partial charge on any atom is 0.320 e. The molecule has 1 atom stereocenters. The minimum atomic E-state index is -0.732. The van der Waals surface area contributed by atoms with Gasteiger partial charge in [-0.2, -0.15) is 0 Å². The predicted octanol–water partition coefficient (Wildman–Crippen LogP) is 2.36. The number of nitro benzene ring substituents is 1. The highest BCUT2D eigenvalue weighted by Gasteiger charge is 2.27. The summed E-state index contributed by atoms with van der Waals surface area (Å²) in [6.07, 6.45) is 1.58. The summed E-state index contributed by atoms with van der Waals surface area (Å²) in [6, 6.07) is 5.93. The normalized spacial score (nSPS) is 11.8. The number of carbonyl (C=O) groups is 1. The van der Waals surface area contributed by atoms with Gasteiger partial charge in [0.1, 0.15) is 10.9 Å². The molecule has 19 heavy (non-hydrogen) atoms. The zero-order valence-electron chi connectivity index (χ0n) is 9.98. The highest BCUT2D eigenvalue weighted by atomic mass is 32.1. The Bertz CT molecular complexity index is 598. The number of nitrogens with zero attached hydrogens (tertiary/aromatic N) is 2. The van der Waals surface area contributed by atoms with E-state index in [9.17, 15) is 14.9 Å². The second kappa shape index (κ2) is 5.57. The van der Waals surface area contributed by atoms with Crippen molar-refractivity contribution in [1.82, 2.24) is 4.98 Å². The zero-order valence-corrected chi connectivity index (χ0v) is 10.8. The van der Waals surface area contributed by atoms with Crippen LogP contribution >= 0.6 is 11.3 Å². The summed E-state index contributed by atoms with van der Waals surface area (Å²) in [7, 11) is 1.28. The largest absolute Gasteiger partial charge is 0.468 e. The topological polar surface area (TPSA) is 82.3 Å². The number of benzene rings is 1. The van der Waals surface area contributed by atoms with Crippen molar-refractivity contribution in [1.29, 1.82) is 0 Å². The number of thiazole rings is 1. The van der Waals surface area contributed by atoms with Crippen LogP contribution in [0.2, 0.25) is 0 Å². The fourth-order valence-corrected chi connectivity index (χ4v) is 2.44. The van der Waals surface area contributed by atoms with Crippen LogP contribution in [0.1, 0.15) is 16.5 Å². The van der Waals surface area contributed by atoms with Gasteiger partial charge in [-0.3, -0.25) is 14.9 Å². The summed E-state index contributed by atoms with van der Waals surface area (Å²) in [5.74, 6) is -1.22. The molecule has 6 nitrogen and oxygen atoms in total. The van der Waals surface area contributed by atoms with E-state index in [1.165, 1.54) is 36.6 Å². The molecule has 0 amide bonds. The molecule has 0 N–H and O–H groups in total. The van der Waals surface area contributed by atoms with Crippen LogP contribution in [-0.2, 0) is 9.53 Å². The summed E-state index contributed by atoms with van der Waals surface area (Å²) in [5.41, 5.74) is 0.430. The molecule has 2 aromatic rings. The molecule has 2 rings (SSSR count). The molecule has 0 saturated carbocycles. The van der Waals surface area contributed by atoms with E-state index < -0.39 is 16.8 Å². The fourth-order valence-electron chi connectivity index (χ4n) is 1.69. The van der Waals surface area contributed by atoms with E-state index >= 15 is 0 Å². The van der Waals surface area contributed by atoms with Gasteiger partial charge in [0, 0.05) is 23.7 Å². The molecule has 1 unspecified atom stereocenters. The molecule has 0 aliphatic carbocycles. The summed E-state index contributed by atoms with van der Waals surface area (Å²) in [4.78, 5) is 26.2. The Morgan fingerprint density at radius 2 is 2.32 bits per heavy atom. The number of nitro groups is 1. The lowest BCUT2D eigenvalue weighted by Crippen LogP contribution is -2.15. The third kappa shape index (κ3) is 2.76. The number of hydrogen-bond donors (Lipinski definition) is 0. The average Bonchev–Trinajstić information content (AvgIpc) is 2.93. The Labute approximate surface area is 112 Å². The molecule has 1 aromatic heterocycles. The molecule has 0 spiro atoms. The van der Waals surface area contributed by atoms with Gasteiger partial charge in [-0.25, -0.2) is 4.98 Å². The van der Waals surface area contributed by atoms with Crippen LogP contribution in [0, 0.1) is 10.1 Å². The molecule has 0 aliphatic heterocycles. The van der Waals surface area contributed by atoms with Crippen molar-refractivity contribution in [2.75, 3.05) is 7.11 Å². The molecule has 98 valence electrons. The predicted molar refractivity (Wildman–Crippen MR) is 69.1 cm³/mol. The fraction of sp³-hybridized carbons (Fsp3) is 0.167. The van der Waals surface area contributed by atoms with Crippen molar-refractivity contribution in [3.63, 3.8) is 0 Å². The lowest BCUT2D eigenvalue weighted by molar-refractivity contribution is -0.384. The van der Waals surface area contributed by atoms with Gasteiger partial charge in [0.25, 0.3) is 5.69 Å². The van der Waals surface area contributed by atoms with Crippen LogP contribution in [0.15, 0.2) is 35.8 Å². The third-order valence-electron chi connectivity index (χ3n) is 2.55. The molecule has 0 saturated heterocycles. The lowest BCUT2D eigenvalue weighted by atomic mass is 9.99. The summed E-state index contributed by atoms with van der Waals surface area (Å²) >= 11 is 1.30. The Kier molecular flexibility index (Phi) is 3.86. The highest BCUT2D eigenvalue weighted by Crippen LogP contribution is 2.29. The number of aromatic nitrogens is 1. The van der Waals surface area contributed by atoms with Crippen molar-refractivity contribution in [2.24, 2.45) is 0 Å². The molecule has 0 bridgehead atoms. The molecular weight excluding hydrogens is 268 g/mol. The van der Waals surface area contributed by atoms with Crippen LogP contribution in [0.3, 0.4) is 0 Å². The quantitative estimate of drug-likeness (QED) is 0.487. The Morgan fingerprint density at radius 1 is 1.53 bits per heavy atom. The number of carbonyl (C=O) groups excluding carboxylic acids is 1. The second-order valence-corrected chi connectivity index (χ2v) is 4.60. The lowest BCUT2D eigenvalue weighted by Gasteiger charge is -2.12. The summed E-state index contributed by atoms with van der Waals surface area (Å²) in [5, 5.41) is 13.1. The van der Waals surface area contributed by atoms with E-state index in [1.807, 2.05) is 0 Å². The average molecular weight is 278 g/mol. The van der Waals surface area contributed by atoms with Crippen LogP contribution in [0.4, 0.5) is 5.69 Å². The number of non-ortho nitro benzene ring substituents is 1. The van der Waals surface area contributed by atoms with Crippen molar-refractivity contribution < 1.29 is 14.5 Å². The van der Waals surface area contributed by atoms with E-state index in [4.69, 9.17) is 4.74 Å². The van der Waals surface area contributed by atoms with E-state index in [-0.39, 0.29) is 5.69 Å². The number of methoxy groups -OCH3 is 1. The van der Waals surface area contributed by atoms with E-state index in [2.05, 4.69) is 4.98 Å². The maximum absolute atomic E-state index is 11.9. The first-order valence-corrected chi connectivity index (χ1v) is 6.23. The monoisotopic (exact) mass is 278 g/mol. The van der Waals surface area contributed by atoms with Gasteiger partial charge in [-0.05, 0) is 5.56 Å². The van der Waals surface area contributed by atoms with Gasteiger partial charge in [0.2, 0.25) is 0 Å². The Balaban J connectivity index is 2.47. The van der Waals surface area contributed by atoms with Gasteiger partial charge in [-0.1, -0.05) is 12.1 Å². The molecule has 0 radical (unpaired) electrons. The first-order valence-electron chi connectivity index (χ1n) is 5.35. The van der Waals surface area contributed by atoms with Crippen LogP contribution in [0.5, 0.6) is 0 Å². The third-order valence-corrected chi connectivity index (χ3v) is 3.39. The van der Waals surface area contributed by atoms with Crippen molar-refractivity contribution >= 4 is 23.0 Å². The molecule has 0 fully saturated rings. The number of esters is 1. The number of rotatable bonds is 4. The minimum absolute atomic E-state index is 0.0667. The van der Waals surface area contributed by atoms with Crippen LogP contribution in [0.25, 0.3) is 0 Å². The van der Waals surface area contributed by atoms with E-state index in [1.54, 1.807) is 17.6 Å². The number of hydrogen-bond acceptors (Lipinski definition) is 6. The molecular formula is C12H10N2O4S. The van der Waals surface area contributed by atoms with Crippen molar-refractivity contribution in [2.45, 2.75) is 5.92 Å². The van der Waals surface area contributed by atoms with Crippen LogP contribution < -0.4 is 0 Å². The second-order valence-electron chi connectivity index (χ2n) is 3.68. The Hall–Kier alpha value is -2.28. The Morgan fingerprint density at radius 3 is 2.89 bits per heavy atom. The smallest absolute Gasteiger partial charge is 0.320 e. The van der Waals surface area contributed by atoms with Crippen molar-refractivity contribution in [3.05, 3.63) is 56.5 Å². The zero-order chi connectivity index (χ0) is 13.8. The van der Waals surface area contributed by atoms with Gasteiger partial charge >= 0.3 is 5.97 Å². The first kappa shape index (κ1) is 13.2. The minimum Gasteiger partial charge on any atom is -0.468 e. The van der Waals surface area contributed by atoms with Crippen LogP contribution in [-0.4, -0.2) is 23.0 Å². The molecule has 1 aromatic carbocycles. The van der Waals surface area contributed by atoms with E-state index in [0.717, 1.165) is 0 Å². The number of ether oxygens (including phenoxy) is 1. The van der Waals surface area contributed by atoms with E-state index in [0.29, 0.717) is 10.6 Å². The van der Waals surface area contributed by atoms with Gasteiger partial charge < -0.3 is 4.74 Å². The summed E-state index contributed by atoms with van der Waals surface area (Å²) < 4.78 is 4.75. The van der Waals surface area contributed by atoms with Gasteiger partial charge in [-0.15, -0.1) is 11.3 Å². The molecule has 1 heterocycles. The van der Waals surface area contributed by atoms with Gasteiger partial charge in [0.15, 0.2) is 0 Å².